The zero-order chi connectivity index (χ0) is 20.4. The van der Waals surface area contributed by atoms with Crippen LogP contribution in [-0.2, 0) is 9.53 Å². The summed E-state index contributed by atoms with van der Waals surface area (Å²) >= 11 is 1.72. The minimum atomic E-state index is -0.0157. The molecule has 2 N–H and O–H groups in total. The van der Waals surface area contributed by atoms with Crippen molar-refractivity contribution in [1.82, 2.24) is 25.4 Å². The predicted molar refractivity (Wildman–Crippen MR) is 130 cm³/mol. The molecule has 10 heteroatoms. The fourth-order valence-corrected chi connectivity index (χ4v) is 3.56. The van der Waals surface area contributed by atoms with Crippen LogP contribution >= 0.6 is 35.3 Å². The number of hydrogen-bond acceptors (Lipinski definition) is 6. The molecule has 1 atom stereocenters. The highest BCUT2D eigenvalue weighted by atomic mass is 127. The number of halogens is 1. The number of thiazole rings is 1. The van der Waals surface area contributed by atoms with Gasteiger partial charge < -0.3 is 20.3 Å². The zero-order valence-corrected chi connectivity index (χ0v) is 21.1. The summed E-state index contributed by atoms with van der Waals surface area (Å²) < 4.78 is 5.38. The summed E-state index contributed by atoms with van der Waals surface area (Å²) in [5.74, 6) is 0.943. The summed E-state index contributed by atoms with van der Waals surface area (Å²) in [4.78, 5) is 26.0. The van der Waals surface area contributed by atoms with E-state index in [4.69, 9.17) is 4.74 Å². The molecule has 0 saturated carbocycles. The Labute approximate surface area is 195 Å². The van der Waals surface area contributed by atoms with E-state index in [1.54, 1.807) is 30.3 Å². The van der Waals surface area contributed by atoms with Crippen LogP contribution in [0.1, 0.15) is 29.1 Å². The van der Waals surface area contributed by atoms with E-state index in [0.29, 0.717) is 5.96 Å². The van der Waals surface area contributed by atoms with E-state index in [0.717, 1.165) is 57.4 Å². The Hall–Kier alpha value is -0.980. The molecule has 0 spiro atoms. The van der Waals surface area contributed by atoms with Gasteiger partial charge in [0.2, 0.25) is 5.91 Å². The van der Waals surface area contributed by atoms with Crippen LogP contribution in [-0.4, -0.2) is 93.2 Å². The van der Waals surface area contributed by atoms with Crippen LogP contribution in [0.25, 0.3) is 0 Å². The molecule has 8 nitrogen and oxygen atoms in total. The number of aromatic nitrogens is 1. The fourth-order valence-electron chi connectivity index (χ4n) is 2.73. The monoisotopic (exact) mass is 538 g/mol. The van der Waals surface area contributed by atoms with Crippen molar-refractivity contribution in [3.63, 3.8) is 0 Å². The molecule has 2 heterocycles. The van der Waals surface area contributed by atoms with Crippen LogP contribution in [0, 0.1) is 6.92 Å². The average molecular weight is 539 g/mol. The van der Waals surface area contributed by atoms with Gasteiger partial charge >= 0.3 is 0 Å². The molecule has 1 aliphatic rings. The minimum absolute atomic E-state index is 0. The molecule has 0 aliphatic carbocycles. The second-order valence-electron chi connectivity index (χ2n) is 7.28. The quantitative estimate of drug-likeness (QED) is 0.215. The first-order valence-corrected chi connectivity index (χ1v) is 10.7. The number of aryl methyl sites for hydroxylation is 1. The van der Waals surface area contributed by atoms with E-state index in [1.807, 2.05) is 6.20 Å². The lowest BCUT2D eigenvalue weighted by atomic mass is 10.2. The van der Waals surface area contributed by atoms with Crippen molar-refractivity contribution in [2.45, 2.75) is 26.2 Å². The number of rotatable bonds is 9. The van der Waals surface area contributed by atoms with Gasteiger partial charge in [0.15, 0.2) is 5.96 Å². The van der Waals surface area contributed by atoms with Gasteiger partial charge in [0, 0.05) is 57.3 Å². The predicted octanol–water partition coefficient (Wildman–Crippen LogP) is 1.52. The largest absolute Gasteiger partial charge is 0.379 e. The Kier molecular flexibility index (Phi) is 12.7. The molecule has 166 valence electrons. The summed E-state index contributed by atoms with van der Waals surface area (Å²) in [6.07, 6.45) is 2.93. The van der Waals surface area contributed by atoms with Crippen molar-refractivity contribution in [2.75, 3.05) is 66.6 Å². The molecule has 1 amide bonds. The smallest absolute Gasteiger partial charge is 0.243 e. The zero-order valence-electron chi connectivity index (χ0n) is 17.9. The standard InChI is InChI=1S/C19H34N6O2S.HI/c1-15(18-21-13-16(2)28-18)12-22-19(23-14-17(26)24(3)4)20-6-5-7-25-8-10-27-11-9-25;/h13,15H,5-12,14H2,1-4H3,(H2,20,22,23);1H. The molecule has 2 rings (SSSR count). The summed E-state index contributed by atoms with van der Waals surface area (Å²) in [5, 5.41) is 7.83. The molecule has 1 fully saturated rings. The lowest BCUT2D eigenvalue weighted by molar-refractivity contribution is -0.127. The molecular weight excluding hydrogens is 503 g/mol. The first-order valence-electron chi connectivity index (χ1n) is 9.90. The topological polar surface area (TPSA) is 82.1 Å². The number of aliphatic imine (C=N–C) groups is 1. The number of guanidine groups is 1. The van der Waals surface area contributed by atoms with E-state index >= 15 is 0 Å². The van der Waals surface area contributed by atoms with Crippen molar-refractivity contribution >= 4 is 47.2 Å². The van der Waals surface area contributed by atoms with E-state index in [9.17, 15) is 4.79 Å². The summed E-state index contributed by atoms with van der Waals surface area (Å²) in [6.45, 7) is 10.6. The number of amides is 1. The van der Waals surface area contributed by atoms with Gasteiger partial charge in [-0.25, -0.2) is 9.98 Å². The summed E-state index contributed by atoms with van der Waals surface area (Å²) in [7, 11) is 3.49. The molecule has 1 aromatic rings. The van der Waals surface area contributed by atoms with Crippen LogP contribution in [0.15, 0.2) is 11.2 Å². The first-order chi connectivity index (χ1) is 13.5. The van der Waals surface area contributed by atoms with Gasteiger partial charge in [-0.2, -0.15) is 0 Å². The average Bonchev–Trinajstić information content (AvgIpc) is 3.13. The Morgan fingerprint density at radius 1 is 1.38 bits per heavy atom. The number of likely N-dealkylation sites (N-methyl/N-ethyl adjacent to an activating group) is 1. The second-order valence-corrected chi connectivity index (χ2v) is 8.54. The summed E-state index contributed by atoms with van der Waals surface area (Å²) in [6, 6.07) is 0. The van der Waals surface area contributed by atoms with E-state index in [2.05, 4.69) is 39.4 Å². The molecule has 0 aromatic carbocycles. The van der Waals surface area contributed by atoms with Gasteiger partial charge in [-0.15, -0.1) is 35.3 Å². The Morgan fingerprint density at radius 2 is 2.10 bits per heavy atom. The molecule has 1 unspecified atom stereocenters. The lowest BCUT2D eigenvalue weighted by Crippen LogP contribution is -2.42. The molecule has 29 heavy (non-hydrogen) atoms. The maximum atomic E-state index is 11.9. The van der Waals surface area contributed by atoms with Crippen molar-refractivity contribution < 1.29 is 9.53 Å². The van der Waals surface area contributed by atoms with Gasteiger partial charge in [-0.1, -0.05) is 6.92 Å². The minimum Gasteiger partial charge on any atom is -0.379 e. The van der Waals surface area contributed by atoms with Crippen LogP contribution in [0.5, 0.6) is 0 Å². The van der Waals surface area contributed by atoms with Gasteiger partial charge in [0.1, 0.15) is 6.54 Å². The maximum absolute atomic E-state index is 11.9. The van der Waals surface area contributed by atoms with Crippen molar-refractivity contribution in [3.8, 4) is 0 Å². The van der Waals surface area contributed by atoms with E-state index < -0.39 is 0 Å². The number of nitrogens with zero attached hydrogens (tertiary/aromatic N) is 4. The number of nitrogens with one attached hydrogen (secondary N) is 2. The molecule has 1 aromatic heterocycles. The van der Waals surface area contributed by atoms with E-state index in [1.165, 1.54) is 4.88 Å². The molecular formula is C19H35IN6O2S. The highest BCUT2D eigenvalue weighted by Gasteiger charge is 2.12. The third-order valence-electron chi connectivity index (χ3n) is 4.55. The summed E-state index contributed by atoms with van der Waals surface area (Å²) in [5.41, 5.74) is 0. The molecule has 1 aliphatic heterocycles. The van der Waals surface area contributed by atoms with E-state index in [-0.39, 0.29) is 42.3 Å². The van der Waals surface area contributed by atoms with Gasteiger partial charge in [-0.3, -0.25) is 9.69 Å². The first kappa shape index (κ1) is 26.1. The Balaban J connectivity index is 0.00000420. The van der Waals surface area contributed by atoms with Crippen LogP contribution < -0.4 is 10.6 Å². The number of ether oxygens (including phenoxy) is 1. The van der Waals surface area contributed by atoms with Gasteiger partial charge in [0.25, 0.3) is 0 Å². The number of hydrogen-bond donors (Lipinski definition) is 2. The molecule has 1 saturated heterocycles. The second kappa shape index (κ2) is 14.1. The van der Waals surface area contributed by atoms with Crippen LogP contribution in [0.3, 0.4) is 0 Å². The fraction of sp³-hybridized carbons (Fsp3) is 0.737. The number of morpholine rings is 1. The lowest BCUT2D eigenvalue weighted by Gasteiger charge is -2.26. The highest BCUT2D eigenvalue weighted by Crippen LogP contribution is 2.20. The van der Waals surface area contributed by atoms with Crippen LogP contribution in [0.2, 0.25) is 0 Å². The third-order valence-corrected chi connectivity index (χ3v) is 5.70. The van der Waals surface area contributed by atoms with Gasteiger partial charge in [0.05, 0.1) is 18.2 Å². The van der Waals surface area contributed by atoms with Gasteiger partial charge in [-0.05, 0) is 19.9 Å². The molecule has 0 radical (unpaired) electrons. The SMILES string of the molecule is Cc1cnc(C(C)CNC(=NCC(=O)N(C)C)NCCCN2CCOCC2)s1.I. The maximum Gasteiger partial charge on any atom is 0.243 e. The number of carbonyl (C=O) groups excluding carboxylic acids is 1. The Morgan fingerprint density at radius 3 is 2.72 bits per heavy atom. The van der Waals surface area contributed by atoms with Crippen molar-refractivity contribution in [3.05, 3.63) is 16.1 Å². The van der Waals surface area contributed by atoms with Crippen molar-refractivity contribution in [2.24, 2.45) is 4.99 Å². The van der Waals surface area contributed by atoms with Crippen molar-refractivity contribution in [1.29, 1.82) is 0 Å². The normalized spacial score (nSPS) is 16.1. The molecule has 0 bridgehead atoms. The highest BCUT2D eigenvalue weighted by molar-refractivity contribution is 14.0. The number of carbonyl (C=O) groups is 1. The van der Waals surface area contributed by atoms with Crippen LogP contribution in [0.4, 0.5) is 0 Å². The third kappa shape index (κ3) is 10.1. The Bertz CT molecular complexity index is 634.